The van der Waals surface area contributed by atoms with Gasteiger partial charge in [0.25, 0.3) is 0 Å². The van der Waals surface area contributed by atoms with Crippen molar-refractivity contribution in [3.8, 4) is 0 Å². The Morgan fingerprint density at radius 1 is 0.519 bits per heavy atom. The molecule has 4 N–H and O–H groups in total. The zero-order valence-corrected chi connectivity index (χ0v) is 13.3. The summed E-state index contributed by atoms with van der Waals surface area (Å²) in [5, 5.41) is 36.0. The lowest BCUT2D eigenvalue weighted by Gasteiger charge is -2.38. The Labute approximate surface area is 148 Å². The van der Waals surface area contributed by atoms with Crippen molar-refractivity contribution in [2.24, 2.45) is 0 Å². The van der Waals surface area contributed by atoms with Gasteiger partial charge in [-0.3, -0.25) is 0 Å². The van der Waals surface area contributed by atoms with Crippen molar-refractivity contribution < 1.29 is 46.8 Å². The van der Waals surface area contributed by atoms with Gasteiger partial charge in [-0.15, -0.1) is 0 Å². The lowest BCUT2D eigenvalue weighted by molar-refractivity contribution is -0.288. The zero-order chi connectivity index (χ0) is 20.6. The van der Waals surface area contributed by atoms with E-state index < -0.39 is 41.5 Å². The Balaban J connectivity index is 2.78. The Hall–Kier alpha value is -2.14. The van der Waals surface area contributed by atoms with Gasteiger partial charge < -0.3 is 20.4 Å². The summed E-state index contributed by atoms with van der Waals surface area (Å²) in [6, 6.07) is 5.07. The zero-order valence-electron chi connectivity index (χ0n) is 13.3. The molecule has 0 bridgehead atoms. The molecule has 2 rings (SSSR count). The smallest absolute Gasteiger partial charge is 0.364 e. The van der Waals surface area contributed by atoms with Gasteiger partial charge in [-0.2, -0.15) is 26.3 Å². The molecule has 0 amide bonds. The van der Waals surface area contributed by atoms with Crippen molar-refractivity contribution in [3.63, 3.8) is 0 Å². The van der Waals surface area contributed by atoms with Crippen molar-refractivity contribution in [1.29, 1.82) is 0 Å². The summed E-state index contributed by atoms with van der Waals surface area (Å²) in [6.07, 6.45) is -15.7. The quantitative estimate of drug-likeness (QED) is 0.473. The second-order valence-corrected chi connectivity index (χ2v) is 5.74. The molecule has 0 atom stereocenters. The minimum absolute atomic E-state index is 0.282. The molecule has 27 heavy (non-hydrogen) atoms. The molecule has 0 aliphatic rings. The monoisotopic (exact) mass is 396 g/mol. The van der Waals surface area contributed by atoms with E-state index in [-0.39, 0.29) is 11.1 Å². The van der Waals surface area contributed by atoms with E-state index in [0.717, 1.165) is 24.3 Å². The van der Waals surface area contributed by atoms with Crippen molar-refractivity contribution >= 4 is 0 Å². The molecular weight excluding hydrogens is 382 g/mol. The number of aliphatic hydroxyl groups is 4. The molecule has 0 aliphatic heterocycles. The van der Waals surface area contributed by atoms with Crippen molar-refractivity contribution in [3.05, 3.63) is 70.8 Å². The summed E-state index contributed by atoms with van der Waals surface area (Å²) < 4.78 is 83.1. The highest BCUT2D eigenvalue weighted by molar-refractivity contribution is 5.45. The maximum Gasteiger partial charge on any atom is 0.411 e. The van der Waals surface area contributed by atoms with Gasteiger partial charge in [-0.25, -0.2) is 0 Å². The van der Waals surface area contributed by atoms with Crippen LogP contribution in [0.1, 0.15) is 34.8 Å². The summed E-state index contributed by atoms with van der Waals surface area (Å²) in [4.78, 5) is 0. The topological polar surface area (TPSA) is 80.9 Å². The maximum absolute atomic E-state index is 13.8. The van der Waals surface area contributed by atoms with Crippen LogP contribution in [-0.2, 0) is 5.41 Å². The number of hydrogen-bond acceptors (Lipinski definition) is 4. The van der Waals surface area contributed by atoms with Gasteiger partial charge in [0.15, 0.2) is 12.6 Å². The number of benzene rings is 2. The van der Waals surface area contributed by atoms with E-state index in [0.29, 0.717) is 24.3 Å². The normalized spacial score (nSPS) is 13.5. The average Bonchev–Trinajstić information content (AvgIpc) is 2.53. The lowest BCUT2D eigenvalue weighted by Crippen LogP contribution is -2.54. The molecule has 10 heteroatoms. The Morgan fingerprint density at radius 3 is 0.963 bits per heavy atom. The standard InChI is InChI=1S/C17H14F6O4/c18-16(19,20)15(17(21,22)23,11-5-1-9(2-6-11)13(24)25)12-7-3-10(4-8-12)14(26)27/h1-8,13-14,24-27H. The Kier molecular flexibility index (Phi) is 5.58. The maximum atomic E-state index is 13.8. The summed E-state index contributed by atoms with van der Waals surface area (Å²) in [5.74, 6) is 0. The van der Waals surface area contributed by atoms with Crippen LogP contribution in [-0.4, -0.2) is 32.8 Å². The number of rotatable bonds is 4. The highest BCUT2D eigenvalue weighted by atomic mass is 19.4. The highest BCUT2D eigenvalue weighted by Gasteiger charge is 2.72. The van der Waals surface area contributed by atoms with Gasteiger partial charge in [-0.05, 0) is 11.1 Å². The third kappa shape index (κ3) is 3.65. The van der Waals surface area contributed by atoms with E-state index in [1.54, 1.807) is 0 Å². The van der Waals surface area contributed by atoms with Crippen LogP contribution < -0.4 is 0 Å². The van der Waals surface area contributed by atoms with Gasteiger partial charge in [0.1, 0.15) is 0 Å². The van der Waals surface area contributed by atoms with E-state index >= 15 is 0 Å². The van der Waals surface area contributed by atoms with Crippen LogP contribution >= 0.6 is 0 Å². The molecule has 148 valence electrons. The minimum atomic E-state index is -5.80. The predicted octanol–water partition coefficient (Wildman–Crippen LogP) is 3.06. The van der Waals surface area contributed by atoms with Crippen molar-refractivity contribution in [2.75, 3.05) is 0 Å². The predicted molar refractivity (Wildman–Crippen MR) is 80.1 cm³/mol. The van der Waals surface area contributed by atoms with Crippen LogP contribution in [0.4, 0.5) is 26.3 Å². The van der Waals surface area contributed by atoms with E-state index in [1.807, 2.05) is 0 Å². The third-order valence-electron chi connectivity index (χ3n) is 4.13. The molecule has 0 radical (unpaired) electrons. The van der Waals surface area contributed by atoms with Gasteiger partial charge in [0.05, 0.1) is 0 Å². The average molecular weight is 396 g/mol. The number of alkyl halides is 6. The Morgan fingerprint density at radius 2 is 0.778 bits per heavy atom. The molecule has 4 nitrogen and oxygen atoms in total. The molecule has 0 heterocycles. The first kappa shape index (κ1) is 21.2. The summed E-state index contributed by atoms with van der Waals surface area (Å²) in [5.41, 5.74) is -7.32. The highest BCUT2D eigenvalue weighted by Crippen LogP contribution is 2.56. The van der Waals surface area contributed by atoms with Crippen molar-refractivity contribution in [2.45, 2.75) is 30.3 Å². The van der Waals surface area contributed by atoms with Crippen LogP contribution in [0, 0.1) is 0 Å². The number of hydrogen-bond donors (Lipinski definition) is 4. The molecule has 0 aliphatic carbocycles. The second kappa shape index (κ2) is 7.12. The van der Waals surface area contributed by atoms with Crippen LogP contribution in [0.5, 0.6) is 0 Å². The van der Waals surface area contributed by atoms with E-state index in [1.165, 1.54) is 0 Å². The molecule has 2 aromatic rings. The van der Waals surface area contributed by atoms with E-state index in [4.69, 9.17) is 20.4 Å². The number of aliphatic hydroxyl groups excluding tert-OH is 2. The molecular formula is C17H14F6O4. The lowest BCUT2D eigenvalue weighted by atomic mass is 9.72. The van der Waals surface area contributed by atoms with Crippen LogP contribution in [0.25, 0.3) is 0 Å². The fourth-order valence-corrected chi connectivity index (χ4v) is 2.79. The molecule has 0 unspecified atom stereocenters. The van der Waals surface area contributed by atoms with E-state index in [9.17, 15) is 26.3 Å². The van der Waals surface area contributed by atoms with Crippen LogP contribution in [0.3, 0.4) is 0 Å². The minimum Gasteiger partial charge on any atom is -0.364 e. The third-order valence-corrected chi connectivity index (χ3v) is 4.13. The van der Waals surface area contributed by atoms with Gasteiger partial charge in [-0.1, -0.05) is 48.5 Å². The van der Waals surface area contributed by atoms with Gasteiger partial charge >= 0.3 is 12.4 Å². The van der Waals surface area contributed by atoms with Crippen LogP contribution in [0.15, 0.2) is 48.5 Å². The van der Waals surface area contributed by atoms with Gasteiger partial charge in [0.2, 0.25) is 5.41 Å². The molecule has 2 aromatic carbocycles. The molecule has 0 fully saturated rings. The fraction of sp³-hybridized carbons (Fsp3) is 0.294. The van der Waals surface area contributed by atoms with Crippen LogP contribution in [0.2, 0.25) is 0 Å². The number of halogens is 6. The summed E-state index contributed by atoms with van der Waals surface area (Å²) in [7, 11) is 0. The van der Waals surface area contributed by atoms with Crippen molar-refractivity contribution in [1.82, 2.24) is 0 Å². The molecule has 0 saturated carbocycles. The van der Waals surface area contributed by atoms with E-state index in [2.05, 4.69) is 0 Å². The first-order valence-corrected chi connectivity index (χ1v) is 7.39. The molecule has 0 aromatic heterocycles. The second-order valence-electron chi connectivity index (χ2n) is 5.74. The molecule has 0 spiro atoms. The fourth-order valence-electron chi connectivity index (χ4n) is 2.79. The Bertz CT molecular complexity index is 696. The van der Waals surface area contributed by atoms with Gasteiger partial charge in [0, 0.05) is 11.1 Å². The first-order chi connectivity index (χ1) is 12.3. The summed E-state index contributed by atoms with van der Waals surface area (Å²) >= 11 is 0. The summed E-state index contributed by atoms with van der Waals surface area (Å²) in [6.45, 7) is 0. The first-order valence-electron chi connectivity index (χ1n) is 7.39. The molecule has 0 saturated heterocycles. The largest absolute Gasteiger partial charge is 0.411 e. The SMILES string of the molecule is OC(O)c1ccc(C(c2ccc(C(O)O)cc2)(C(F)(F)F)C(F)(F)F)cc1.